The van der Waals surface area contributed by atoms with Gasteiger partial charge in [-0.15, -0.1) is 0 Å². The normalized spacial score (nSPS) is 11.5. The summed E-state index contributed by atoms with van der Waals surface area (Å²) in [7, 11) is -3.93. The van der Waals surface area contributed by atoms with Gasteiger partial charge in [-0.05, 0) is 65.9 Å². The maximum Gasteiger partial charge on any atom is 0.243 e. The van der Waals surface area contributed by atoms with Crippen molar-refractivity contribution in [3.05, 3.63) is 92.9 Å². The summed E-state index contributed by atoms with van der Waals surface area (Å²) in [6, 6.07) is 19.2. The van der Waals surface area contributed by atoms with E-state index < -0.39 is 10.0 Å². The Balaban J connectivity index is 1.92. The van der Waals surface area contributed by atoms with E-state index in [2.05, 4.69) is 21.2 Å². The van der Waals surface area contributed by atoms with Crippen LogP contribution in [0.15, 0.2) is 76.1 Å². The number of carbonyl (C=O) groups excluding carboxylic acids is 1. The lowest BCUT2D eigenvalue weighted by molar-refractivity contribution is -0.116. The molecule has 3 aromatic carbocycles. The number of sulfonamides is 1. The van der Waals surface area contributed by atoms with E-state index in [1.54, 1.807) is 36.4 Å². The van der Waals surface area contributed by atoms with Crippen LogP contribution in [0.4, 0.5) is 5.69 Å². The average molecular weight is 550 g/mol. The molecule has 0 aliphatic heterocycles. The fourth-order valence-corrected chi connectivity index (χ4v) is 5.29. The molecule has 0 saturated heterocycles. The van der Waals surface area contributed by atoms with Crippen molar-refractivity contribution in [1.29, 1.82) is 0 Å². The number of amides is 1. The van der Waals surface area contributed by atoms with Crippen LogP contribution in [0.1, 0.15) is 30.5 Å². The van der Waals surface area contributed by atoms with Gasteiger partial charge in [-0.2, -0.15) is 4.31 Å². The highest BCUT2D eigenvalue weighted by atomic mass is 79.9. The molecule has 3 rings (SSSR count). The van der Waals surface area contributed by atoms with Crippen molar-refractivity contribution in [2.45, 2.75) is 38.1 Å². The molecule has 0 atom stereocenters. The summed E-state index contributed by atoms with van der Waals surface area (Å²) in [5.41, 5.74) is 3.53. The van der Waals surface area contributed by atoms with E-state index >= 15 is 0 Å². The highest BCUT2D eigenvalue weighted by Crippen LogP contribution is 2.24. The lowest BCUT2D eigenvalue weighted by Gasteiger charge is -2.23. The van der Waals surface area contributed by atoms with Gasteiger partial charge in [0.05, 0.1) is 11.4 Å². The summed E-state index contributed by atoms with van der Waals surface area (Å²) in [5, 5.41) is 3.52. The Morgan fingerprint density at radius 2 is 1.52 bits per heavy atom. The highest BCUT2D eigenvalue weighted by Gasteiger charge is 2.27. The van der Waals surface area contributed by atoms with Crippen LogP contribution in [0.25, 0.3) is 0 Å². The molecule has 0 aliphatic carbocycles. The lowest BCUT2D eigenvalue weighted by atomic mass is 10.0. The molecule has 33 heavy (non-hydrogen) atoms. The van der Waals surface area contributed by atoms with E-state index in [4.69, 9.17) is 11.6 Å². The molecule has 0 aromatic heterocycles. The number of hydrogen-bond acceptors (Lipinski definition) is 3. The van der Waals surface area contributed by atoms with Crippen molar-refractivity contribution in [3.63, 3.8) is 0 Å². The SMILES string of the molecule is CCc1cccc(CC)c1NC(=O)CN(Cc1ccc(Cl)cc1)S(=O)(=O)c1ccc(Br)cc1. The van der Waals surface area contributed by atoms with Crippen molar-refractivity contribution in [2.24, 2.45) is 0 Å². The van der Waals surface area contributed by atoms with E-state index in [0.29, 0.717) is 5.02 Å². The molecule has 174 valence electrons. The second kappa shape index (κ2) is 11.3. The molecule has 0 radical (unpaired) electrons. The van der Waals surface area contributed by atoms with Crippen molar-refractivity contribution < 1.29 is 13.2 Å². The van der Waals surface area contributed by atoms with Crippen LogP contribution in [0, 0.1) is 0 Å². The lowest BCUT2D eigenvalue weighted by Crippen LogP contribution is -2.37. The molecule has 8 heteroatoms. The largest absolute Gasteiger partial charge is 0.324 e. The van der Waals surface area contributed by atoms with Gasteiger partial charge in [0, 0.05) is 21.7 Å². The molecule has 1 amide bonds. The Hall–Kier alpha value is -2.19. The number of para-hydroxylation sites is 1. The molecular formula is C25H26BrClN2O3S. The highest BCUT2D eigenvalue weighted by molar-refractivity contribution is 9.10. The number of carbonyl (C=O) groups is 1. The van der Waals surface area contributed by atoms with E-state index in [9.17, 15) is 13.2 Å². The van der Waals surface area contributed by atoms with Gasteiger partial charge >= 0.3 is 0 Å². The van der Waals surface area contributed by atoms with Gasteiger partial charge in [-0.1, -0.05) is 71.7 Å². The van der Waals surface area contributed by atoms with E-state index in [-0.39, 0.29) is 23.9 Å². The number of anilines is 1. The molecule has 3 aromatic rings. The number of hydrogen-bond donors (Lipinski definition) is 1. The third-order valence-corrected chi connectivity index (χ3v) is 7.89. The molecule has 0 bridgehead atoms. The Labute approximate surface area is 209 Å². The van der Waals surface area contributed by atoms with E-state index in [1.165, 1.54) is 16.4 Å². The van der Waals surface area contributed by atoms with E-state index in [1.807, 2.05) is 32.0 Å². The van der Waals surface area contributed by atoms with Crippen LogP contribution >= 0.6 is 27.5 Å². The van der Waals surface area contributed by atoms with Gasteiger partial charge in [0.15, 0.2) is 0 Å². The molecular weight excluding hydrogens is 524 g/mol. The molecule has 0 heterocycles. The number of nitrogens with zero attached hydrogens (tertiary/aromatic N) is 1. The summed E-state index contributed by atoms with van der Waals surface area (Å²) in [5.74, 6) is -0.389. The smallest absolute Gasteiger partial charge is 0.243 e. The summed E-state index contributed by atoms with van der Waals surface area (Å²) in [6.45, 7) is 3.77. The first-order valence-corrected chi connectivity index (χ1v) is 13.3. The van der Waals surface area contributed by atoms with Gasteiger partial charge < -0.3 is 5.32 Å². The first-order chi connectivity index (χ1) is 15.7. The van der Waals surface area contributed by atoms with Gasteiger partial charge in [0.2, 0.25) is 15.9 Å². The predicted octanol–water partition coefficient (Wildman–Crippen LogP) is 6.06. The third kappa shape index (κ3) is 6.44. The number of nitrogens with one attached hydrogen (secondary N) is 1. The number of rotatable bonds is 9. The summed E-state index contributed by atoms with van der Waals surface area (Å²) in [4.78, 5) is 13.2. The van der Waals surface area contributed by atoms with Crippen LogP contribution < -0.4 is 5.32 Å². The third-order valence-electron chi connectivity index (χ3n) is 5.31. The van der Waals surface area contributed by atoms with Crippen LogP contribution in [0.3, 0.4) is 0 Å². The summed E-state index contributed by atoms with van der Waals surface area (Å²) in [6.07, 6.45) is 1.52. The fourth-order valence-electron chi connectivity index (χ4n) is 3.52. The maximum absolute atomic E-state index is 13.5. The average Bonchev–Trinajstić information content (AvgIpc) is 2.80. The Bertz CT molecular complexity index is 1190. The van der Waals surface area contributed by atoms with Crippen molar-refractivity contribution in [2.75, 3.05) is 11.9 Å². The Morgan fingerprint density at radius 3 is 2.06 bits per heavy atom. The maximum atomic E-state index is 13.5. The van der Waals surface area contributed by atoms with Gasteiger partial charge in [-0.25, -0.2) is 8.42 Å². The van der Waals surface area contributed by atoms with E-state index in [0.717, 1.165) is 39.7 Å². The molecule has 5 nitrogen and oxygen atoms in total. The number of benzene rings is 3. The first-order valence-electron chi connectivity index (χ1n) is 10.6. The molecule has 0 aliphatic rings. The standard InChI is InChI=1S/C25H26BrClN2O3S/c1-3-19-6-5-7-20(4-2)25(19)28-24(30)17-29(16-18-8-12-22(27)13-9-18)33(31,32)23-14-10-21(26)11-15-23/h5-15H,3-4,16-17H2,1-2H3,(H,28,30). The number of aryl methyl sites for hydroxylation is 2. The predicted molar refractivity (Wildman–Crippen MR) is 137 cm³/mol. The van der Waals surface area contributed by atoms with Gasteiger partial charge in [0.1, 0.15) is 0 Å². The molecule has 0 unspecified atom stereocenters. The quantitative estimate of drug-likeness (QED) is 0.353. The van der Waals surface area contributed by atoms with Crippen LogP contribution in [0.5, 0.6) is 0 Å². The molecule has 0 fully saturated rings. The molecule has 1 N–H and O–H groups in total. The second-order valence-electron chi connectivity index (χ2n) is 7.56. The minimum atomic E-state index is -3.93. The van der Waals surface area contributed by atoms with Crippen LogP contribution in [-0.4, -0.2) is 25.2 Å². The Kier molecular flexibility index (Phi) is 8.70. The van der Waals surface area contributed by atoms with Crippen molar-refractivity contribution in [3.8, 4) is 0 Å². The summed E-state index contributed by atoms with van der Waals surface area (Å²) >= 11 is 9.31. The zero-order chi connectivity index (χ0) is 24.0. The first kappa shape index (κ1) is 25.4. The minimum Gasteiger partial charge on any atom is -0.324 e. The van der Waals surface area contributed by atoms with Gasteiger partial charge in [-0.3, -0.25) is 4.79 Å². The second-order valence-corrected chi connectivity index (χ2v) is 10.9. The zero-order valence-corrected chi connectivity index (χ0v) is 21.7. The monoisotopic (exact) mass is 548 g/mol. The topological polar surface area (TPSA) is 66.5 Å². The Morgan fingerprint density at radius 1 is 0.939 bits per heavy atom. The molecule has 0 spiro atoms. The zero-order valence-electron chi connectivity index (χ0n) is 18.5. The van der Waals surface area contributed by atoms with Crippen molar-refractivity contribution in [1.82, 2.24) is 4.31 Å². The van der Waals surface area contributed by atoms with Crippen LogP contribution in [-0.2, 0) is 34.2 Å². The fraction of sp³-hybridized carbons (Fsp3) is 0.240. The summed E-state index contributed by atoms with van der Waals surface area (Å²) < 4.78 is 28.9. The van der Waals surface area contributed by atoms with Gasteiger partial charge in [0.25, 0.3) is 0 Å². The van der Waals surface area contributed by atoms with Crippen molar-refractivity contribution >= 4 is 49.1 Å². The minimum absolute atomic E-state index is 0.0407. The number of halogens is 2. The molecule has 0 saturated carbocycles. The van der Waals surface area contributed by atoms with Crippen LogP contribution in [0.2, 0.25) is 5.02 Å².